The molecule has 1 aliphatic carbocycles. The molecule has 0 unspecified atom stereocenters. The maximum atomic E-state index is 2.44. The number of rotatable bonds is 3. The number of hydrogen-bond donors (Lipinski definition) is 0. The molecular weight excluding hydrogens is 565 g/mol. The number of hydrogen-bond acceptors (Lipinski definition) is 1. The van der Waals surface area contributed by atoms with Gasteiger partial charge in [-0.25, -0.2) is 0 Å². The molecule has 3 heterocycles. The smallest absolute Gasteiger partial charge is 0.0542 e. The van der Waals surface area contributed by atoms with E-state index in [4.69, 9.17) is 0 Å². The third kappa shape index (κ3) is 3.62. The van der Waals surface area contributed by atoms with Crippen molar-refractivity contribution in [3.63, 3.8) is 0 Å². The highest BCUT2D eigenvalue weighted by Crippen LogP contribution is 2.42. The quantitative estimate of drug-likeness (QED) is 0.193. The lowest BCUT2D eigenvalue weighted by Gasteiger charge is -2.12. The Bertz CT molecular complexity index is 2610. The molecule has 3 heteroatoms. The highest BCUT2D eigenvalue weighted by atomic mass is 32.1. The fourth-order valence-electron chi connectivity index (χ4n) is 7.59. The number of aryl methyl sites for hydroxylation is 1. The largest absolute Gasteiger partial charge is 0.309 e. The minimum absolute atomic E-state index is 1.14. The normalized spacial score (nSPS) is 13.1. The van der Waals surface area contributed by atoms with Gasteiger partial charge in [0, 0.05) is 47.9 Å². The van der Waals surface area contributed by atoms with E-state index in [1.807, 2.05) is 11.3 Å². The van der Waals surface area contributed by atoms with Gasteiger partial charge in [0.05, 0.1) is 22.1 Å². The van der Waals surface area contributed by atoms with E-state index in [9.17, 15) is 0 Å². The molecule has 0 atom stereocenters. The molecule has 212 valence electrons. The topological polar surface area (TPSA) is 9.86 Å². The summed E-state index contributed by atoms with van der Waals surface area (Å²) < 4.78 is 6.24. The van der Waals surface area contributed by atoms with Crippen LogP contribution in [0.5, 0.6) is 0 Å². The van der Waals surface area contributed by atoms with Crippen LogP contribution < -0.4 is 0 Å². The Morgan fingerprint density at radius 3 is 1.82 bits per heavy atom. The predicted octanol–water partition coefficient (Wildman–Crippen LogP) is 11.7. The van der Waals surface area contributed by atoms with E-state index in [0.717, 1.165) is 12.8 Å². The summed E-state index contributed by atoms with van der Waals surface area (Å²) >= 11 is 1.97. The third-order valence-corrected chi connectivity index (χ3v) is 10.9. The molecular formula is C42H28N2S. The van der Waals surface area contributed by atoms with Crippen LogP contribution in [-0.2, 0) is 6.42 Å². The van der Waals surface area contributed by atoms with Crippen molar-refractivity contribution >= 4 is 71.1 Å². The Morgan fingerprint density at radius 2 is 1.09 bits per heavy atom. The summed E-state index contributed by atoms with van der Waals surface area (Å²) in [6.45, 7) is 0. The second-order valence-corrected chi connectivity index (χ2v) is 13.1. The van der Waals surface area contributed by atoms with E-state index in [1.165, 1.54) is 86.6 Å². The SMILES string of the molecule is C1=Cc2c(sc3c(-c4cccc(-n5c6ccccc6c6cc(-n7c8ccccc8c8ccccc87)ccc65)c4)cccc23)CC1. The molecule has 0 amide bonds. The molecule has 10 rings (SSSR count). The minimum atomic E-state index is 1.14. The first-order chi connectivity index (χ1) is 22.3. The molecule has 6 aromatic carbocycles. The number of allylic oxidation sites excluding steroid dienone is 1. The molecule has 9 aromatic rings. The maximum absolute atomic E-state index is 2.44. The zero-order valence-electron chi connectivity index (χ0n) is 24.6. The van der Waals surface area contributed by atoms with Crippen LogP contribution in [-0.4, -0.2) is 9.13 Å². The molecule has 1 aliphatic rings. The molecule has 0 spiro atoms. The number of nitrogens with zero attached hydrogens (tertiary/aromatic N) is 2. The number of aromatic nitrogens is 2. The van der Waals surface area contributed by atoms with Crippen molar-refractivity contribution in [1.82, 2.24) is 9.13 Å². The van der Waals surface area contributed by atoms with E-state index in [-0.39, 0.29) is 0 Å². The van der Waals surface area contributed by atoms with Crippen molar-refractivity contribution in [2.24, 2.45) is 0 Å². The van der Waals surface area contributed by atoms with Crippen molar-refractivity contribution < 1.29 is 0 Å². The molecule has 0 bridgehead atoms. The van der Waals surface area contributed by atoms with Crippen molar-refractivity contribution in [1.29, 1.82) is 0 Å². The fourth-order valence-corrected chi connectivity index (χ4v) is 8.93. The van der Waals surface area contributed by atoms with Crippen LogP contribution in [0.15, 0.2) is 140 Å². The predicted molar refractivity (Wildman–Crippen MR) is 193 cm³/mol. The van der Waals surface area contributed by atoms with Gasteiger partial charge in [0.15, 0.2) is 0 Å². The highest BCUT2D eigenvalue weighted by Gasteiger charge is 2.18. The van der Waals surface area contributed by atoms with E-state index < -0.39 is 0 Å². The third-order valence-electron chi connectivity index (χ3n) is 9.56. The molecule has 3 aromatic heterocycles. The first-order valence-corrected chi connectivity index (χ1v) is 16.5. The van der Waals surface area contributed by atoms with Gasteiger partial charge in [-0.3, -0.25) is 0 Å². The Morgan fingerprint density at radius 1 is 0.489 bits per heavy atom. The molecule has 0 radical (unpaired) electrons. The van der Waals surface area contributed by atoms with Gasteiger partial charge in [0.25, 0.3) is 0 Å². The first-order valence-electron chi connectivity index (χ1n) is 15.7. The van der Waals surface area contributed by atoms with Crippen LogP contribution in [0, 0.1) is 0 Å². The molecule has 0 N–H and O–H groups in total. The summed E-state index contributed by atoms with van der Waals surface area (Å²) in [6, 6.07) is 49.1. The summed E-state index contributed by atoms with van der Waals surface area (Å²) in [5, 5.41) is 6.47. The second-order valence-electron chi connectivity index (χ2n) is 12.0. The minimum Gasteiger partial charge on any atom is -0.309 e. The standard InChI is InChI=1S/C42H28N2S/c1-5-19-37-31(13-1)32-14-2-6-20-38(32)44(37)29-23-24-40-36(26-29)33-15-3-7-21-39(33)43(40)28-12-9-11-27(25-28)30-17-10-18-35-34-16-4-8-22-41(34)45-42(30)35/h1-7,9-21,23-26H,8,22H2. The van der Waals surface area contributed by atoms with Crippen LogP contribution in [0.3, 0.4) is 0 Å². The van der Waals surface area contributed by atoms with E-state index in [0.29, 0.717) is 0 Å². The van der Waals surface area contributed by atoms with Crippen molar-refractivity contribution in [3.8, 4) is 22.5 Å². The lowest BCUT2D eigenvalue weighted by atomic mass is 9.99. The number of para-hydroxylation sites is 3. The van der Waals surface area contributed by atoms with Gasteiger partial charge in [0.2, 0.25) is 0 Å². The summed E-state index contributed by atoms with van der Waals surface area (Å²) in [6.07, 6.45) is 6.92. The molecule has 0 saturated carbocycles. The van der Waals surface area contributed by atoms with Gasteiger partial charge in [0.1, 0.15) is 0 Å². The van der Waals surface area contributed by atoms with Gasteiger partial charge < -0.3 is 9.13 Å². The summed E-state index contributed by atoms with van der Waals surface area (Å²) in [5.41, 5.74) is 11.3. The number of fused-ring (bicyclic) bond motifs is 9. The van der Waals surface area contributed by atoms with Crippen LogP contribution in [0.2, 0.25) is 0 Å². The zero-order valence-corrected chi connectivity index (χ0v) is 25.4. The summed E-state index contributed by atoms with van der Waals surface area (Å²) in [7, 11) is 0. The van der Waals surface area contributed by atoms with Crippen molar-refractivity contribution in [2.75, 3.05) is 0 Å². The van der Waals surface area contributed by atoms with Gasteiger partial charge >= 0.3 is 0 Å². The Kier molecular flexibility index (Phi) is 5.31. The Hall–Kier alpha value is -5.38. The van der Waals surface area contributed by atoms with Gasteiger partial charge in [-0.1, -0.05) is 97.1 Å². The van der Waals surface area contributed by atoms with Gasteiger partial charge in [-0.15, -0.1) is 11.3 Å². The average molecular weight is 593 g/mol. The first kappa shape index (κ1) is 25.0. The molecule has 0 fully saturated rings. The fraction of sp³-hybridized carbons (Fsp3) is 0.0476. The monoisotopic (exact) mass is 592 g/mol. The molecule has 45 heavy (non-hydrogen) atoms. The molecule has 0 aliphatic heterocycles. The lowest BCUT2D eigenvalue weighted by Crippen LogP contribution is -1.96. The van der Waals surface area contributed by atoms with Gasteiger partial charge in [-0.2, -0.15) is 0 Å². The zero-order chi connectivity index (χ0) is 29.5. The van der Waals surface area contributed by atoms with Crippen LogP contribution in [0.4, 0.5) is 0 Å². The summed E-state index contributed by atoms with van der Waals surface area (Å²) in [5.74, 6) is 0. The number of benzene rings is 6. The van der Waals surface area contributed by atoms with E-state index >= 15 is 0 Å². The number of thiophene rings is 1. The van der Waals surface area contributed by atoms with Crippen LogP contribution in [0.1, 0.15) is 16.9 Å². The van der Waals surface area contributed by atoms with Gasteiger partial charge in [-0.05, 0) is 78.1 Å². The van der Waals surface area contributed by atoms with Crippen LogP contribution in [0.25, 0.3) is 82.3 Å². The Labute approximate surface area is 264 Å². The average Bonchev–Trinajstić information content (AvgIpc) is 3.76. The Balaban J connectivity index is 1.19. The maximum Gasteiger partial charge on any atom is 0.0542 e. The van der Waals surface area contributed by atoms with Crippen molar-refractivity contribution in [3.05, 3.63) is 150 Å². The molecule has 0 saturated heterocycles. The molecule has 2 nitrogen and oxygen atoms in total. The van der Waals surface area contributed by atoms with E-state index in [2.05, 4.69) is 155 Å². The lowest BCUT2D eigenvalue weighted by molar-refractivity contribution is 1.02. The highest BCUT2D eigenvalue weighted by molar-refractivity contribution is 7.20. The van der Waals surface area contributed by atoms with Crippen molar-refractivity contribution in [2.45, 2.75) is 12.8 Å². The summed E-state index contributed by atoms with van der Waals surface area (Å²) in [4.78, 5) is 1.51. The van der Waals surface area contributed by atoms with E-state index in [1.54, 1.807) is 0 Å². The van der Waals surface area contributed by atoms with Crippen LogP contribution >= 0.6 is 11.3 Å². The second kappa shape index (κ2) is 9.56.